The summed E-state index contributed by atoms with van der Waals surface area (Å²) in [5.74, 6) is 0.178. The molecule has 3 atom stereocenters. The summed E-state index contributed by atoms with van der Waals surface area (Å²) in [7, 11) is 0. The Morgan fingerprint density at radius 1 is 1.21 bits per heavy atom. The standard InChI is InChI=1S/C21H19BrF4N2O/c1-11-8-15-13-4-2-3-5-16(13)27-18(15)19(28(11)21(26)20(24)25)14-7-6-12(22)9-17(14)29-10-23/h2-7,9,11,19-21,27H,8,10H2,1H3/t11-,19?,21?/m1/s1. The molecule has 2 aromatic carbocycles. The first-order valence-corrected chi connectivity index (χ1v) is 9.99. The fourth-order valence-corrected chi connectivity index (χ4v) is 4.57. The number of fused-ring (bicyclic) bond motifs is 3. The van der Waals surface area contributed by atoms with Crippen LogP contribution in [0.15, 0.2) is 46.9 Å². The Hall–Kier alpha value is -2.06. The Labute approximate surface area is 173 Å². The summed E-state index contributed by atoms with van der Waals surface area (Å²) >= 11 is 3.31. The molecule has 154 valence electrons. The Balaban J connectivity index is 1.96. The molecule has 0 bridgehead atoms. The number of hydrogen-bond acceptors (Lipinski definition) is 2. The highest BCUT2D eigenvalue weighted by Gasteiger charge is 2.43. The van der Waals surface area contributed by atoms with E-state index >= 15 is 0 Å². The average molecular weight is 471 g/mol. The van der Waals surface area contributed by atoms with E-state index in [4.69, 9.17) is 4.74 Å². The van der Waals surface area contributed by atoms with Crippen LogP contribution in [0.2, 0.25) is 0 Å². The highest BCUT2D eigenvalue weighted by atomic mass is 79.9. The molecule has 29 heavy (non-hydrogen) atoms. The maximum Gasteiger partial charge on any atom is 0.282 e. The van der Waals surface area contributed by atoms with Crippen molar-refractivity contribution in [3.8, 4) is 5.75 Å². The van der Waals surface area contributed by atoms with E-state index < -0.39 is 31.7 Å². The molecule has 3 nitrogen and oxygen atoms in total. The molecule has 1 N–H and O–H groups in total. The van der Waals surface area contributed by atoms with E-state index in [1.807, 2.05) is 24.3 Å². The van der Waals surface area contributed by atoms with Crippen molar-refractivity contribution in [2.45, 2.75) is 38.1 Å². The predicted molar refractivity (Wildman–Crippen MR) is 107 cm³/mol. The number of ether oxygens (including phenoxy) is 1. The average Bonchev–Trinajstić information content (AvgIpc) is 3.05. The highest BCUT2D eigenvalue weighted by Crippen LogP contribution is 2.45. The lowest BCUT2D eigenvalue weighted by Crippen LogP contribution is -2.49. The second-order valence-electron chi connectivity index (χ2n) is 7.11. The Morgan fingerprint density at radius 2 is 1.97 bits per heavy atom. The third-order valence-corrected chi connectivity index (χ3v) is 5.89. The van der Waals surface area contributed by atoms with Gasteiger partial charge in [-0.2, -0.15) is 0 Å². The van der Waals surface area contributed by atoms with Gasteiger partial charge in [-0.1, -0.05) is 40.2 Å². The van der Waals surface area contributed by atoms with Gasteiger partial charge in [-0.25, -0.2) is 17.6 Å². The van der Waals surface area contributed by atoms with E-state index in [0.29, 0.717) is 22.2 Å². The van der Waals surface area contributed by atoms with E-state index in [1.165, 1.54) is 0 Å². The lowest BCUT2D eigenvalue weighted by atomic mass is 9.88. The Bertz CT molecular complexity index is 1030. The molecular formula is C21H19BrF4N2O. The first kappa shape index (κ1) is 20.2. The zero-order chi connectivity index (χ0) is 20.7. The summed E-state index contributed by atoms with van der Waals surface area (Å²) in [5.41, 5.74) is 2.84. The smallest absolute Gasteiger partial charge is 0.282 e. The van der Waals surface area contributed by atoms with Crippen molar-refractivity contribution >= 4 is 26.8 Å². The van der Waals surface area contributed by atoms with Crippen molar-refractivity contribution in [3.63, 3.8) is 0 Å². The molecule has 0 saturated carbocycles. The summed E-state index contributed by atoms with van der Waals surface area (Å²) in [6.45, 7) is 0.639. The van der Waals surface area contributed by atoms with Gasteiger partial charge in [-0.05, 0) is 37.1 Å². The molecule has 2 unspecified atom stereocenters. The van der Waals surface area contributed by atoms with E-state index in [2.05, 4.69) is 20.9 Å². The molecule has 0 spiro atoms. The number of H-pyrrole nitrogens is 1. The normalized spacial score (nSPS) is 20.8. The summed E-state index contributed by atoms with van der Waals surface area (Å²) in [6.07, 6.45) is -5.23. The van der Waals surface area contributed by atoms with Gasteiger partial charge in [-0.15, -0.1) is 0 Å². The number of para-hydroxylation sites is 1. The maximum absolute atomic E-state index is 14.8. The molecule has 0 radical (unpaired) electrons. The van der Waals surface area contributed by atoms with Crippen LogP contribution in [0.25, 0.3) is 10.9 Å². The second kappa shape index (κ2) is 7.99. The number of rotatable bonds is 5. The van der Waals surface area contributed by atoms with Crippen LogP contribution in [0.5, 0.6) is 5.75 Å². The van der Waals surface area contributed by atoms with Crippen LogP contribution in [-0.4, -0.2) is 35.5 Å². The van der Waals surface area contributed by atoms with Crippen molar-refractivity contribution in [1.82, 2.24) is 9.88 Å². The quantitative estimate of drug-likeness (QED) is 0.358. The zero-order valence-corrected chi connectivity index (χ0v) is 17.1. The third-order valence-electron chi connectivity index (χ3n) is 5.40. The molecule has 0 aliphatic carbocycles. The number of aromatic nitrogens is 1. The fraction of sp³-hybridized carbons (Fsp3) is 0.333. The molecule has 3 aromatic rings. The number of nitrogens with zero attached hydrogens (tertiary/aromatic N) is 1. The molecule has 2 heterocycles. The lowest BCUT2D eigenvalue weighted by molar-refractivity contribution is -0.0839. The van der Waals surface area contributed by atoms with E-state index in [9.17, 15) is 17.6 Å². The van der Waals surface area contributed by atoms with Crippen LogP contribution in [0.4, 0.5) is 17.6 Å². The first-order chi connectivity index (χ1) is 13.9. The van der Waals surface area contributed by atoms with Crippen LogP contribution >= 0.6 is 15.9 Å². The molecule has 1 aliphatic rings. The molecule has 1 aromatic heterocycles. The lowest BCUT2D eigenvalue weighted by Gasteiger charge is -2.42. The van der Waals surface area contributed by atoms with Gasteiger partial charge in [0.25, 0.3) is 6.43 Å². The van der Waals surface area contributed by atoms with Crippen LogP contribution in [-0.2, 0) is 6.42 Å². The number of hydrogen-bond donors (Lipinski definition) is 1. The number of aromatic amines is 1. The zero-order valence-electron chi connectivity index (χ0n) is 15.5. The van der Waals surface area contributed by atoms with Crippen LogP contribution in [0, 0.1) is 0 Å². The topological polar surface area (TPSA) is 28.3 Å². The Kier molecular flexibility index (Phi) is 5.57. The van der Waals surface area contributed by atoms with Gasteiger partial charge in [-0.3, -0.25) is 4.90 Å². The Morgan fingerprint density at radius 3 is 2.69 bits per heavy atom. The van der Waals surface area contributed by atoms with Gasteiger partial charge in [0.15, 0.2) is 0 Å². The predicted octanol–water partition coefficient (Wildman–Crippen LogP) is 6.13. The fourth-order valence-electron chi connectivity index (χ4n) is 4.23. The van der Waals surface area contributed by atoms with Gasteiger partial charge in [0.05, 0.1) is 6.04 Å². The van der Waals surface area contributed by atoms with Crippen molar-refractivity contribution < 1.29 is 22.3 Å². The number of halogens is 5. The molecular weight excluding hydrogens is 452 g/mol. The van der Waals surface area contributed by atoms with Gasteiger partial charge in [0, 0.05) is 32.7 Å². The van der Waals surface area contributed by atoms with Gasteiger partial charge < -0.3 is 9.72 Å². The minimum atomic E-state index is -3.17. The molecule has 0 saturated heterocycles. The minimum absolute atomic E-state index is 0.178. The third kappa shape index (κ3) is 3.53. The van der Waals surface area contributed by atoms with Crippen molar-refractivity contribution in [2.75, 3.05) is 6.86 Å². The monoisotopic (exact) mass is 470 g/mol. The van der Waals surface area contributed by atoms with Crippen molar-refractivity contribution in [2.24, 2.45) is 0 Å². The van der Waals surface area contributed by atoms with E-state index in [-0.39, 0.29) is 5.75 Å². The molecule has 8 heteroatoms. The number of benzene rings is 2. The molecule has 1 aliphatic heterocycles. The van der Waals surface area contributed by atoms with Gasteiger partial charge in [0.2, 0.25) is 13.2 Å². The summed E-state index contributed by atoms with van der Waals surface area (Å²) in [5, 5.41) is 0.969. The van der Waals surface area contributed by atoms with Crippen LogP contribution in [0.1, 0.15) is 29.8 Å². The highest BCUT2D eigenvalue weighted by molar-refractivity contribution is 9.10. The van der Waals surface area contributed by atoms with E-state index in [0.717, 1.165) is 21.4 Å². The largest absolute Gasteiger partial charge is 0.463 e. The first-order valence-electron chi connectivity index (χ1n) is 9.19. The number of nitrogens with one attached hydrogen (secondary N) is 1. The van der Waals surface area contributed by atoms with Crippen LogP contribution in [0.3, 0.4) is 0 Å². The van der Waals surface area contributed by atoms with Crippen molar-refractivity contribution in [3.05, 3.63) is 63.8 Å². The molecule has 4 rings (SSSR count). The minimum Gasteiger partial charge on any atom is -0.463 e. The molecule has 0 amide bonds. The van der Waals surface area contributed by atoms with Crippen molar-refractivity contribution in [1.29, 1.82) is 0 Å². The number of alkyl halides is 4. The maximum atomic E-state index is 14.8. The second-order valence-corrected chi connectivity index (χ2v) is 8.02. The van der Waals surface area contributed by atoms with Gasteiger partial charge in [0.1, 0.15) is 5.75 Å². The SMILES string of the molecule is C[C@@H]1Cc2c([nH]c3ccccc23)C(c2ccc(Br)cc2OCF)N1C(F)C(F)F. The summed E-state index contributed by atoms with van der Waals surface area (Å²) in [6, 6.07) is 11.1. The van der Waals surface area contributed by atoms with Gasteiger partial charge >= 0.3 is 0 Å². The molecule has 0 fully saturated rings. The van der Waals surface area contributed by atoms with E-state index in [1.54, 1.807) is 25.1 Å². The summed E-state index contributed by atoms with van der Waals surface area (Å²) in [4.78, 5) is 4.43. The summed E-state index contributed by atoms with van der Waals surface area (Å²) < 4.78 is 60.5. The van der Waals surface area contributed by atoms with Crippen LogP contribution < -0.4 is 4.74 Å².